The summed E-state index contributed by atoms with van der Waals surface area (Å²) >= 11 is 0. The molecule has 0 aromatic rings. The predicted octanol–water partition coefficient (Wildman–Crippen LogP) is 4.75. The molecule has 3 atom stereocenters. The molecule has 0 saturated carbocycles. The molecule has 0 saturated heterocycles. The fourth-order valence-corrected chi connectivity index (χ4v) is 2.11. The van der Waals surface area contributed by atoms with Crippen LogP contribution in [0.25, 0.3) is 0 Å². The van der Waals surface area contributed by atoms with E-state index in [1.807, 2.05) is 6.92 Å². The molecule has 0 fully saturated rings. The Hall–Kier alpha value is -0.780. The molecule has 0 aromatic carbocycles. The van der Waals surface area contributed by atoms with Crippen LogP contribution in [0.4, 0.5) is 0 Å². The molecule has 0 spiro atoms. The van der Waals surface area contributed by atoms with Crippen molar-refractivity contribution in [3.8, 4) is 0 Å². The fourth-order valence-electron chi connectivity index (χ4n) is 2.11. The van der Waals surface area contributed by atoms with Gasteiger partial charge < -0.3 is 0 Å². The van der Waals surface area contributed by atoms with Gasteiger partial charge in [-0.2, -0.15) is 0 Å². The van der Waals surface area contributed by atoms with E-state index in [1.54, 1.807) is 0 Å². The van der Waals surface area contributed by atoms with Crippen molar-refractivity contribution in [3.05, 3.63) is 36.5 Å². The minimum Gasteiger partial charge on any atom is -0.0961 e. The highest BCUT2D eigenvalue weighted by Crippen LogP contribution is 2.29. The minimum atomic E-state index is 0.768. The molecular weight excluding hydrogens is 180 g/mol. The molecule has 0 unspecified atom stereocenters. The fraction of sp³-hybridized carbons (Fsp3) is 0.600. The van der Waals surface area contributed by atoms with Crippen LogP contribution in [0.15, 0.2) is 36.5 Å². The molecule has 0 heterocycles. The van der Waals surface area contributed by atoms with Gasteiger partial charge in [-0.1, -0.05) is 50.3 Å². The summed E-state index contributed by atoms with van der Waals surface area (Å²) in [4.78, 5) is 0. The van der Waals surface area contributed by atoms with Crippen molar-refractivity contribution in [3.63, 3.8) is 0 Å². The largest absolute Gasteiger partial charge is 0.0961 e. The van der Waals surface area contributed by atoms with Crippen molar-refractivity contribution in [2.45, 2.75) is 40.0 Å². The first-order valence-electron chi connectivity index (χ1n) is 6.10. The van der Waals surface area contributed by atoms with Gasteiger partial charge in [-0.15, -0.1) is 0 Å². The van der Waals surface area contributed by atoms with Crippen molar-refractivity contribution >= 4 is 0 Å². The summed E-state index contributed by atoms with van der Waals surface area (Å²) in [6, 6.07) is 0. The van der Waals surface area contributed by atoms with Gasteiger partial charge in [0.2, 0.25) is 0 Å². The Morgan fingerprint density at radius 3 is 2.73 bits per heavy atom. The van der Waals surface area contributed by atoms with Gasteiger partial charge in [-0.05, 0) is 43.9 Å². The maximum Gasteiger partial charge on any atom is -0.0205 e. The van der Waals surface area contributed by atoms with E-state index in [0.29, 0.717) is 0 Å². The standard InChI is InChI=1S/C15H24/c1-12(2)6-5-7-14(4)15-10-8-13(3)9-11-15/h5-6,8,10,13-15H,1,7,9,11H2,2-4H3/b6-5+/t13-,14+,15-/m1/s1. The van der Waals surface area contributed by atoms with E-state index in [4.69, 9.17) is 0 Å². The molecule has 0 amide bonds. The zero-order chi connectivity index (χ0) is 11.3. The highest BCUT2D eigenvalue weighted by atomic mass is 14.2. The van der Waals surface area contributed by atoms with Crippen LogP contribution >= 0.6 is 0 Å². The van der Waals surface area contributed by atoms with Gasteiger partial charge in [0.15, 0.2) is 0 Å². The summed E-state index contributed by atoms with van der Waals surface area (Å²) in [5.74, 6) is 2.35. The van der Waals surface area contributed by atoms with Gasteiger partial charge >= 0.3 is 0 Å². The summed E-state index contributed by atoms with van der Waals surface area (Å²) in [5, 5.41) is 0. The van der Waals surface area contributed by atoms with Crippen LogP contribution in [0.2, 0.25) is 0 Å². The van der Waals surface area contributed by atoms with Gasteiger partial charge in [0, 0.05) is 0 Å². The first-order valence-corrected chi connectivity index (χ1v) is 6.10. The Balaban J connectivity index is 2.37. The summed E-state index contributed by atoms with van der Waals surface area (Å²) in [5.41, 5.74) is 1.15. The van der Waals surface area contributed by atoms with Gasteiger partial charge in [-0.3, -0.25) is 0 Å². The summed E-state index contributed by atoms with van der Waals surface area (Å²) in [6.07, 6.45) is 13.1. The van der Waals surface area contributed by atoms with Crippen molar-refractivity contribution in [2.75, 3.05) is 0 Å². The molecule has 0 nitrogen and oxygen atoms in total. The van der Waals surface area contributed by atoms with Gasteiger partial charge in [-0.25, -0.2) is 0 Å². The lowest BCUT2D eigenvalue weighted by Gasteiger charge is -2.25. The normalized spacial score (nSPS) is 28.2. The summed E-state index contributed by atoms with van der Waals surface area (Å²) in [7, 11) is 0. The second kappa shape index (κ2) is 5.95. The van der Waals surface area contributed by atoms with E-state index in [1.165, 1.54) is 19.3 Å². The molecule has 15 heavy (non-hydrogen) atoms. The summed E-state index contributed by atoms with van der Waals surface area (Å²) in [6.45, 7) is 10.6. The van der Waals surface area contributed by atoms with E-state index < -0.39 is 0 Å². The highest BCUT2D eigenvalue weighted by Gasteiger charge is 2.17. The van der Waals surface area contributed by atoms with E-state index in [2.05, 4.69) is 44.7 Å². The zero-order valence-corrected chi connectivity index (χ0v) is 10.4. The third kappa shape index (κ3) is 4.51. The van der Waals surface area contributed by atoms with Crippen molar-refractivity contribution in [1.82, 2.24) is 0 Å². The third-order valence-corrected chi connectivity index (χ3v) is 3.28. The second-order valence-electron chi connectivity index (χ2n) is 5.07. The molecule has 0 aliphatic heterocycles. The van der Waals surface area contributed by atoms with E-state index in [-0.39, 0.29) is 0 Å². The Kier molecular flexibility index (Phi) is 4.87. The minimum absolute atomic E-state index is 0.768. The van der Waals surface area contributed by atoms with Crippen molar-refractivity contribution in [1.29, 1.82) is 0 Å². The number of allylic oxidation sites excluding steroid dienone is 5. The summed E-state index contributed by atoms with van der Waals surface area (Å²) < 4.78 is 0. The van der Waals surface area contributed by atoms with E-state index >= 15 is 0 Å². The maximum absolute atomic E-state index is 3.87. The van der Waals surface area contributed by atoms with Crippen LogP contribution in [-0.4, -0.2) is 0 Å². The topological polar surface area (TPSA) is 0 Å². The molecule has 1 aliphatic carbocycles. The SMILES string of the molecule is C=C(C)/C=C/C[C@H](C)[C@@H]1C=C[C@@H](C)CC1. The molecule has 0 bridgehead atoms. The van der Waals surface area contributed by atoms with Crippen LogP contribution in [0, 0.1) is 17.8 Å². The van der Waals surface area contributed by atoms with Crippen LogP contribution in [0.5, 0.6) is 0 Å². The van der Waals surface area contributed by atoms with Crippen LogP contribution in [0.1, 0.15) is 40.0 Å². The van der Waals surface area contributed by atoms with Crippen molar-refractivity contribution in [2.24, 2.45) is 17.8 Å². The van der Waals surface area contributed by atoms with Crippen LogP contribution < -0.4 is 0 Å². The van der Waals surface area contributed by atoms with E-state index in [0.717, 1.165) is 23.3 Å². The van der Waals surface area contributed by atoms with Gasteiger partial charge in [0.25, 0.3) is 0 Å². The van der Waals surface area contributed by atoms with Gasteiger partial charge in [0.1, 0.15) is 0 Å². The predicted molar refractivity (Wildman–Crippen MR) is 68.8 cm³/mol. The highest BCUT2D eigenvalue weighted by molar-refractivity contribution is 5.11. The molecule has 0 aromatic heterocycles. The molecule has 0 N–H and O–H groups in total. The lowest BCUT2D eigenvalue weighted by molar-refractivity contribution is 0.363. The Labute approximate surface area is 94.8 Å². The van der Waals surface area contributed by atoms with Crippen LogP contribution in [-0.2, 0) is 0 Å². The Morgan fingerprint density at radius 1 is 1.47 bits per heavy atom. The zero-order valence-electron chi connectivity index (χ0n) is 10.4. The number of hydrogen-bond donors (Lipinski definition) is 0. The average molecular weight is 204 g/mol. The number of rotatable bonds is 4. The first-order chi connectivity index (χ1) is 7.09. The Bertz CT molecular complexity index is 257. The Morgan fingerprint density at radius 2 is 2.20 bits per heavy atom. The average Bonchev–Trinajstić information content (AvgIpc) is 2.18. The number of hydrogen-bond acceptors (Lipinski definition) is 0. The molecule has 1 aliphatic rings. The van der Waals surface area contributed by atoms with Crippen LogP contribution in [0.3, 0.4) is 0 Å². The molecule has 0 heteroatoms. The monoisotopic (exact) mass is 204 g/mol. The second-order valence-corrected chi connectivity index (χ2v) is 5.07. The molecule has 84 valence electrons. The van der Waals surface area contributed by atoms with E-state index in [9.17, 15) is 0 Å². The third-order valence-electron chi connectivity index (χ3n) is 3.28. The smallest absolute Gasteiger partial charge is 0.0205 e. The lowest BCUT2D eigenvalue weighted by Crippen LogP contribution is -2.13. The van der Waals surface area contributed by atoms with Crippen molar-refractivity contribution < 1.29 is 0 Å². The quantitative estimate of drug-likeness (QED) is 0.458. The molecular formula is C15H24. The first kappa shape index (κ1) is 12.3. The van der Waals surface area contributed by atoms with Gasteiger partial charge in [0.05, 0.1) is 0 Å². The molecule has 1 rings (SSSR count). The lowest BCUT2D eigenvalue weighted by atomic mass is 9.81. The maximum atomic E-state index is 3.87. The molecule has 0 radical (unpaired) electrons.